The van der Waals surface area contributed by atoms with Crippen molar-refractivity contribution in [3.8, 4) is 5.75 Å². The fraction of sp³-hybridized carbons (Fsp3) is 0.409. The number of amides is 2. The number of nitrogens with one attached hydrogen (secondary N) is 2. The predicted molar refractivity (Wildman–Crippen MR) is 111 cm³/mol. The molecule has 0 aliphatic carbocycles. The van der Waals surface area contributed by atoms with Crippen LogP contribution < -0.4 is 20.3 Å². The molecular formula is C22H29N3O2. The van der Waals surface area contributed by atoms with Gasteiger partial charge < -0.3 is 20.3 Å². The molecule has 2 amide bonds. The molecule has 0 radical (unpaired) electrons. The van der Waals surface area contributed by atoms with E-state index in [1.807, 2.05) is 30.3 Å². The van der Waals surface area contributed by atoms with Gasteiger partial charge in [0.05, 0.1) is 6.61 Å². The molecule has 3 rings (SSSR count). The number of para-hydroxylation sites is 1. The van der Waals surface area contributed by atoms with E-state index >= 15 is 0 Å². The van der Waals surface area contributed by atoms with E-state index in [0.717, 1.165) is 50.3 Å². The van der Waals surface area contributed by atoms with Gasteiger partial charge in [0.2, 0.25) is 0 Å². The molecule has 27 heavy (non-hydrogen) atoms. The highest BCUT2D eigenvalue weighted by Crippen LogP contribution is 2.24. The second-order valence-corrected chi connectivity index (χ2v) is 6.89. The third-order valence-electron chi connectivity index (χ3n) is 4.84. The van der Waals surface area contributed by atoms with E-state index in [1.54, 1.807) is 0 Å². The molecule has 2 N–H and O–H groups in total. The van der Waals surface area contributed by atoms with Crippen LogP contribution in [0.2, 0.25) is 0 Å². The van der Waals surface area contributed by atoms with Crippen LogP contribution in [0.5, 0.6) is 5.75 Å². The summed E-state index contributed by atoms with van der Waals surface area (Å²) in [6.07, 6.45) is 4.41. The Morgan fingerprint density at radius 3 is 2.67 bits per heavy atom. The van der Waals surface area contributed by atoms with Gasteiger partial charge in [-0.05, 0) is 55.7 Å². The quantitative estimate of drug-likeness (QED) is 0.668. The number of hydrogen-bond acceptors (Lipinski definition) is 3. The first-order valence-corrected chi connectivity index (χ1v) is 9.85. The maximum Gasteiger partial charge on any atom is 0.319 e. The van der Waals surface area contributed by atoms with Gasteiger partial charge in [-0.15, -0.1) is 0 Å². The van der Waals surface area contributed by atoms with Gasteiger partial charge in [-0.1, -0.05) is 31.5 Å². The zero-order valence-corrected chi connectivity index (χ0v) is 16.0. The summed E-state index contributed by atoms with van der Waals surface area (Å²) in [7, 11) is 0. The monoisotopic (exact) mass is 367 g/mol. The maximum absolute atomic E-state index is 12.2. The summed E-state index contributed by atoms with van der Waals surface area (Å²) in [5.74, 6) is 0.832. The molecule has 5 nitrogen and oxygen atoms in total. The smallest absolute Gasteiger partial charge is 0.319 e. The van der Waals surface area contributed by atoms with E-state index in [1.165, 1.54) is 5.69 Å². The van der Waals surface area contributed by atoms with E-state index in [9.17, 15) is 4.79 Å². The van der Waals surface area contributed by atoms with Crippen LogP contribution in [0.15, 0.2) is 54.6 Å². The van der Waals surface area contributed by atoms with Crippen LogP contribution in [0, 0.1) is 0 Å². The Morgan fingerprint density at radius 1 is 1.15 bits per heavy atom. The lowest BCUT2D eigenvalue weighted by molar-refractivity contribution is 0.251. The Hall–Kier alpha value is -2.69. The minimum atomic E-state index is -0.172. The molecule has 1 fully saturated rings. The first kappa shape index (κ1) is 19.1. The van der Waals surface area contributed by atoms with Crippen molar-refractivity contribution in [2.45, 2.75) is 38.6 Å². The Bertz CT molecular complexity index is 703. The Balaban J connectivity index is 1.45. The minimum absolute atomic E-state index is 0.172. The Kier molecular flexibility index (Phi) is 6.97. The SMILES string of the molecule is CCCCOc1ccc(NC(=O)NCC2CCCN2c2ccccc2)cc1. The van der Waals surface area contributed by atoms with Crippen LogP contribution >= 0.6 is 0 Å². The van der Waals surface area contributed by atoms with Gasteiger partial charge >= 0.3 is 6.03 Å². The third kappa shape index (κ3) is 5.64. The average Bonchev–Trinajstić information content (AvgIpc) is 3.17. The van der Waals surface area contributed by atoms with Crippen LogP contribution in [0.1, 0.15) is 32.6 Å². The minimum Gasteiger partial charge on any atom is -0.494 e. The highest BCUT2D eigenvalue weighted by Gasteiger charge is 2.24. The fourth-order valence-corrected chi connectivity index (χ4v) is 3.36. The molecule has 1 heterocycles. The summed E-state index contributed by atoms with van der Waals surface area (Å²) >= 11 is 0. The second kappa shape index (κ2) is 9.86. The van der Waals surface area contributed by atoms with Crippen LogP contribution in [0.25, 0.3) is 0 Å². The molecule has 0 bridgehead atoms. The van der Waals surface area contributed by atoms with Gasteiger partial charge in [0.25, 0.3) is 0 Å². The molecular weight excluding hydrogens is 338 g/mol. The number of rotatable bonds is 8. The van der Waals surface area contributed by atoms with E-state index in [2.05, 4.69) is 46.7 Å². The van der Waals surface area contributed by atoms with Crippen molar-refractivity contribution in [1.82, 2.24) is 5.32 Å². The lowest BCUT2D eigenvalue weighted by Crippen LogP contribution is -2.41. The van der Waals surface area contributed by atoms with Gasteiger partial charge in [-0.25, -0.2) is 4.79 Å². The number of carbonyl (C=O) groups is 1. The van der Waals surface area contributed by atoms with E-state index < -0.39 is 0 Å². The Morgan fingerprint density at radius 2 is 1.93 bits per heavy atom. The normalized spacial score (nSPS) is 16.2. The van der Waals surface area contributed by atoms with Crippen molar-refractivity contribution in [2.75, 3.05) is 29.9 Å². The Labute approximate surface area is 161 Å². The van der Waals surface area contributed by atoms with Crippen LogP contribution in [0.3, 0.4) is 0 Å². The van der Waals surface area contributed by atoms with Gasteiger partial charge in [0.1, 0.15) is 5.75 Å². The molecule has 1 atom stereocenters. The standard InChI is InChI=1S/C22H29N3O2/c1-2-3-16-27-21-13-11-18(12-14-21)24-22(26)23-17-20-10-7-15-25(20)19-8-5-4-6-9-19/h4-6,8-9,11-14,20H,2-3,7,10,15-17H2,1H3,(H2,23,24,26). The lowest BCUT2D eigenvalue weighted by Gasteiger charge is -2.27. The molecule has 2 aromatic carbocycles. The third-order valence-corrected chi connectivity index (χ3v) is 4.84. The van der Waals surface area contributed by atoms with E-state index in [4.69, 9.17) is 4.74 Å². The van der Waals surface area contributed by atoms with Gasteiger partial charge in [-0.3, -0.25) is 0 Å². The zero-order chi connectivity index (χ0) is 18.9. The summed E-state index contributed by atoms with van der Waals surface area (Å²) in [5.41, 5.74) is 1.99. The van der Waals surface area contributed by atoms with Gasteiger partial charge in [0, 0.05) is 30.5 Å². The van der Waals surface area contributed by atoms with Gasteiger partial charge in [-0.2, -0.15) is 0 Å². The highest BCUT2D eigenvalue weighted by atomic mass is 16.5. The molecule has 1 unspecified atom stereocenters. The molecule has 5 heteroatoms. The van der Waals surface area contributed by atoms with Crippen molar-refractivity contribution >= 4 is 17.4 Å². The van der Waals surface area contributed by atoms with Crippen molar-refractivity contribution in [2.24, 2.45) is 0 Å². The molecule has 1 aliphatic heterocycles. The molecule has 0 aromatic heterocycles. The maximum atomic E-state index is 12.2. The predicted octanol–water partition coefficient (Wildman–Crippen LogP) is 4.66. The summed E-state index contributed by atoms with van der Waals surface area (Å²) in [4.78, 5) is 14.6. The van der Waals surface area contributed by atoms with Crippen molar-refractivity contribution < 1.29 is 9.53 Å². The molecule has 2 aromatic rings. The van der Waals surface area contributed by atoms with Crippen LogP contribution in [-0.4, -0.2) is 31.8 Å². The van der Waals surface area contributed by atoms with Crippen molar-refractivity contribution in [3.63, 3.8) is 0 Å². The number of carbonyl (C=O) groups excluding carboxylic acids is 1. The number of hydrogen-bond donors (Lipinski definition) is 2. The number of unbranched alkanes of at least 4 members (excludes halogenated alkanes) is 1. The number of anilines is 2. The molecule has 1 aliphatic rings. The average molecular weight is 367 g/mol. The van der Waals surface area contributed by atoms with E-state index in [0.29, 0.717) is 12.6 Å². The zero-order valence-electron chi connectivity index (χ0n) is 16.0. The summed E-state index contributed by atoms with van der Waals surface area (Å²) in [6.45, 7) is 4.54. The largest absolute Gasteiger partial charge is 0.494 e. The molecule has 1 saturated heterocycles. The van der Waals surface area contributed by atoms with Gasteiger partial charge in [0.15, 0.2) is 0 Å². The van der Waals surface area contributed by atoms with Crippen molar-refractivity contribution in [1.29, 1.82) is 0 Å². The topological polar surface area (TPSA) is 53.6 Å². The second-order valence-electron chi connectivity index (χ2n) is 6.89. The number of urea groups is 1. The number of nitrogens with zero attached hydrogens (tertiary/aromatic N) is 1. The van der Waals surface area contributed by atoms with Crippen LogP contribution in [-0.2, 0) is 0 Å². The summed E-state index contributed by atoms with van der Waals surface area (Å²) in [6, 6.07) is 18.1. The van der Waals surface area contributed by atoms with Crippen LogP contribution in [0.4, 0.5) is 16.2 Å². The number of benzene rings is 2. The highest BCUT2D eigenvalue weighted by molar-refractivity contribution is 5.89. The molecule has 0 spiro atoms. The molecule has 144 valence electrons. The first-order chi connectivity index (χ1) is 13.3. The first-order valence-electron chi connectivity index (χ1n) is 9.85. The number of ether oxygens (including phenoxy) is 1. The summed E-state index contributed by atoms with van der Waals surface area (Å²) < 4.78 is 5.64. The van der Waals surface area contributed by atoms with Crippen molar-refractivity contribution in [3.05, 3.63) is 54.6 Å². The molecule has 0 saturated carbocycles. The lowest BCUT2D eigenvalue weighted by atomic mass is 10.2. The fourth-order valence-electron chi connectivity index (χ4n) is 3.36. The van der Waals surface area contributed by atoms with E-state index in [-0.39, 0.29) is 6.03 Å². The summed E-state index contributed by atoms with van der Waals surface area (Å²) in [5, 5.41) is 5.90.